The number of nitrogens with two attached hydrogens (primary N) is 1. The highest BCUT2D eigenvalue weighted by Crippen LogP contribution is 2.23. The van der Waals surface area contributed by atoms with Crippen molar-refractivity contribution in [1.29, 1.82) is 5.26 Å². The van der Waals surface area contributed by atoms with E-state index in [1.54, 1.807) is 18.2 Å². The Kier molecular flexibility index (Phi) is 3.20. The highest BCUT2D eigenvalue weighted by Gasteiger charge is 2.11. The van der Waals surface area contributed by atoms with Crippen LogP contribution in [-0.4, -0.2) is 12.0 Å². The number of oxazole rings is 1. The summed E-state index contributed by atoms with van der Waals surface area (Å²) in [6.07, 6.45) is 0. The van der Waals surface area contributed by atoms with E-state index in [2.05, 4.69) is 11.1 Å². The summed E-state index contributed by atoms with van der Waals surface area (Å²) >= 11 is 0. The Balaban J connectivity index is 1.89. The lowest BCUT2D eigenvalue weighted by Crippen LogP contribution is -2.17. The van der Waals surface area contributed by atoms with Crippen LogP contribution in [0.3, 0.4) is 0 Å². The number of rotatable bonds is 3. The number of nitrogen functional groups attached to an aromatic ring is 1. The number of para-hydroxylation sites is 1. The highest BCUT2D eigenvalue weighted by atomic mass is 16.3. The lowest BCUT2D eigenvalue weighted by molar-refractivity contribution is 0.527. The van der Waals surface area contributed by atoms with E-state index in [-0.39, 0.29) is 0 Å². The van der Waals surface area contributed by atoms with Crippen molar-refractivity contribution in [2.24, 2.45) is 0 Å². The standard InChI is InChI=1S/C16H14N4O/c1-20(14-5-3-2-4-11(14)9-17)10-16-19-13-7-6-12(18)8-15(13)21-16/h2-8H,10,18H2,1H3. The molecule has 0 aliphatic heterocycles. The number of nitriles is 1. The van der Waals surface area contributed by atoms with E-state index in [0.29, 0.717) is 29.3 Å². The number of hydrogen-bond acceptors (Lipinski definition) is 5. The van der Waals surface area contributed by atoms with Crippen LogP contribution in [0.15, 0.2) is 46.9 Å². The highest BCUT2D eigenvalue weighted by molar-refractivity contribution is 5.76. The van der Waals surface area contributed by atoms with Gasteiger partial charge in [-0.25, -0.2) is 4.98 Å². The zero-order valence-electron chi connectivity index (χ0n) is 11.6. The summed E-state index contributed by atoms with van der Waals surface area (Å²) in [5, 5.41) is 9.15. The molecule has 5 nitrogen and oxygen atoms in total. The van der Waals surface area contributed by atoms with Gasteiger partial charge in [0.2, 0.25) is 5.89 Å². The van der Waals surface area contributed by atoms with E-state index in [9.17, 15) is 0 Å². The first-order valence-electron chi connectivity index (χ1n) is 6.52. The fourth-order valence-corrected chi connectivity index (χ4v) is 2.25. The van der Waals surface area contributed by atoms with Gasteiger partial charge in [0.25, 0.3) is 0 Å². The summed E-state index contributed by atoms with van der Waals surface area (Å²) in [4.78, 5) is 6.37. The van der Waals surface area contributed by atoms with Crippen molar-refractivity contribution in [2.45, 2.75) is 6.54 Å². The second kappa shape index (κ2) is 5.17. The van der Waals surface area contributed by atoms with Gasteiger partial charge in [-0.05, 0) is 24.3 Å². The second-order valence-electron chi connectivity index (χ2n) is 4.82. The molecule has 3 aromatic rings. The quantitative estimate of drug-likeness (QED) is 0.745. The number of aromatic nitrogens is 1. The van der Waals surface area contributed by atoms with Gasteiger partial charge in [-0.15, -0.1) is 0 Å². The molecule has 0 saturated carbocycles. The van der Waals surface area contributed by atoms with Crippen LogP contribution >= 0.6 is 0 Å². The Morgan fingerprint density at radius 2 is 2.10 bits per heavy atom. The average molecular weight is 278 g/mol. The predicted molar refractivity (Wildman–Crippen MR) is 81.7 cm³/mol. The first-order chi connectivity index (χ1) is 10.2. The summed E-state index contributed by atoms with van der Waals surface area (Å²) in [5.41, 5.74) is 9.30. The van der Waals surface area contributed by atoms with Crippen LogP contribution in [0.4, 0.5) is 11.4 Å². The summed E-state index contributed by atoms with van der Waals surface area (Å²) in [5.74, 6) is 0.589. The molecule has 1 heterocycles. The van der Waals surface area contributed by atoms with Crippen molar-refractivity contribution in [1.82, 2.24) is 4.98 Å². The molecule has 0 bridgehead atoms. The molecule has 0 amide bonds. The summed E-state index contributed by atoms with van der Waals surface area (Å²) in [6.45, 7) is 0.479. The molecule has 0 atom stereocenters. The second-order valence-corrected chi connectivity index (χ2v) is 4.82. The molecule has 3 rings (SSSR count). The third kappa shape index (κ3) is 2.51. The summed E-state index contributed by atoms with van der Waals surface area (Å²) < 4.78 is 5.70. The van der Waals surface area contributed by atoms with E-state index < -0.39 is 0 Å². The third-order valence-corrected chi connectivity index (χ3v) is 3.26. The molecule has 0 fully saturated rings. The summed E-state index contributed by atoms with van der Waals surface area (Å²) in [6, 6.07) is 15.0. The molecule has 2 N–H and O–H groups in total. The zero-order chi connectivity index (χ0) is 14.8. The Labute approximate surface area is 122 Å². The molecule has 0 aliphatic carbocycles. The molecule has 0 aliphatic rings. The third-order valence-electron chi connectivity index (χ3n) is 3.26. The van der Waals surface area contributed by atoms with Crippen LogP contribution in [0.5, 0.6) is 0 Å². The Morgan fingerprint density at radius 3 is 2.90 bits per heavy atom. The predicted octanol–water partition coefficient (Wildman–Crippen LogP) is 2.92. The van der Waals surface area contributed by atoms with Gasteiger partial charge in [-0.3, -0.25) is 0 Å². The van der Waals surface area contributed by atoms with Gasteiger partial charge in [-0.2, -0.15) is 5.26 Å². The molecule has 0 saturated heterocycles. The van der Waals surface area contributed by atoms with E-state index in [0.717, 1.165) is 11.2 Å². The van der Waals surface area contributed by atoms with Crippen molar-refractivity contribution in [3.05, 3.63) is 53.9 Å². The maximum atomic E-state index is 9.15. The monoisotopic (exact) mass is 278 g/mol. The maximum Gasteiger partial charge on any atom is 0.215 e. The zero-order valence-corrected chi connectivity index (χ0v) is 11.6. The van der Waals surface area contributed by atoms with E-state index >= 15 is 0 Å². The molecule has 0 spiro atoms. The Hall–Kier alpha value is -3.00. The molecular weight excluding hydrogens is 264 g/mol. The van der Waals surface area contributed by atoms with Gasteiger partial charge in [0.05, 0.1) is 17.8 Å². The number of nitrogens with zero attached hydrogens (tertiary/aromatic N) is 3. The van der Waals surface area contributed by atoms with Crippen LogP contribution in [0, 0.1) is 11.3 Å². The number of hydrogen-bond donors (Lipinski definition) is 1. The molecule has 5 heteroatoms. The Bertz CT molecular complexity index is 832. The van der Waals surface area contributed by atoms with Crippen LogP contribution < -0.4 is 10.6 Å². The average Bonchev–Trinajstić information content (AvgIpc) is 2.88. The fourth-order valence-electron chi connectivity index (χ4n) is 2.25. The van der Waals surface area contributed by atoms with E-state index in [1.807, 2.05) is 36.2 Å². The van der Waals surface area contributed by atoms with Gasteiger partial charge in [0.15, 0.2) is 5.58 Å². The van der Waals surface area contributed by atoms with Gasteiger partial charge in [0.1, 0.15) is 11.6 Å². The molecule has 0 unspecified atom stereocenters. The minimum atomic E-state index is 0.479. The lowest BCUT2D eigenvalue weighted by Gasteiger charge is -2.18. The maximum absolute atomic E-state index is 9.15. The minimum absolute atomic E-state index is 0.479. The Morgan fingerprint density at radius 1 is 1.29 bits per heavy atom. The van der Waals surface area contributed by atoms with E-state index in [4.69, 9.17) is 15.4 Å². The fraction of sp³-hybridized carbons (Fsp3) is 0.125. The number of anilines is 2. The first-order valence-corrected chi connectivity index (χ1v) is 6.52. The normalized spacial score (nSPS) is 10.5. The van der Waals surface area contributed by atoms with Crippen LogP contribution in [0.2, 0.25) is 0 Å². The summed E-state index contributed by atoms with van der Waals surface area (Å²) in [7, 11) is 1.90. The van der Waals surface area contributed by atoms with Crippen LogP contribution in [0.25, 0.3) is 11.1 Å². The topological polar surface area (TPSA) is 79.1 Å². The molecule has 2 aromatic carbocycles. The van der Waals surface area contributed by atoms with Gasteiger partial charge in [-0.1, -0.05) is 12.1 Å². The van der Waals surface area contributed by atoms with Crippen LogP contribution in [-0.2, 0) is 6.54 Å². The van der Waals surface area contributed by atoms with Crippen molar-refractivity contribution < 1.29 is 4.42 Å². The molecular formula is C16H14N4O. The van der Waals surface area contributed by atoms with Gasteiger partial charge >= 0.3 is 0 Å². The van der Waals surface area contributed by atoms with Gasteiger partial charge < -0.3 is 15.1 Å². The molecule has 0 radical (unpaired) electrons. The number of fused-ring (bicyclic) bond motifs is 1. The van der Waals surface area contributed by atoms with E-state index in [1.165, 1.54) is 0 Å². The van der Waals surface area contributed by atoms with Crippen molar-refractivity contribution >= 4 is 22.5 Å². The van der Waals surface area contributed by atoms with Crippen molar-refractivity contribution in [3.8, 4) is 6.07 Å². The van der Waals surface area contributed by atoms with Crippen molar-refractivity contribution in [2.75, 3.05) is 17.7 Å². The minimum Gasteiger partial charge on any atom is -0.439 e. The molecule has 104 valence electrons. The smallest absolute Gasteiger partial charge is 0.215 e. The SMILES string of the molecule is CN(Cc1nc2ccc(N)cc2o1)c1ccccc1C#N. The van der Waals surface area contributed by atoms with Crippen molar-refractivity contribution in [3.63, 3.8) is 0 Å². The first kappa shape index (κ1) is 13.0. The van der Waals surface area contributed by atoms with Crippen LogP contribution in [0.1, 0.15) is 11.5 Å². The van der Waals surface area contributed by atoms with Gasteiger partial charge in [0, 0.05) is 18.8 Å². The molecule has 21 heavy (non-hydrogen) atoms. The number of benzene rings is 2. The largest absolute Gasteiger partial charge is 0.439 e. The lowest BCUT2D eigenvalue weighted by atomic mass is 10.2. The molecule has 1 aromatic heterocycles.